The number of nitro groups is 1. The lowest BCUT2D eigenvalue weighted by Gasteiger charge is -2.21. The van der Waals surface area contributed by atoms with Crippen molar-refractivity contribution in [3.8, 4) is 0 Å². The summed E-state index contributed by atoms with van der Waals surface area (Å²) in [5, 5.41) is 20.2. The number of carbonyl (C=O) groups is 2. The third kappa shape index (κ3) is 5.66. The minimum absolute atomic E-state index is 0.0717. The van der Waals surface area contributed by atoms with Gasteiger partial charge in [-0.2, -0.15) is 0 Å². The second kappa shape index (κ2) is 9.30. The van der Waals surface area contributed by atoms with Gasteiger partial charge in [-0.1, -0.05) is 12.1 Å². The van der Waals surface area contributed by atoms with Crippen LogP contribution in [0.4, 0.5) is 5.69 Å². The SMILES string of the molecule is C/C=C/C(=O)[C@@](N)(CCCOSc1cc(C)ccc1[N+](=O)[O-])C(=O)O. The molecule has 0 amide bonds. The topological polar surface area (TPSA) is 133 Å². The number of hydrogen-bond acceptors (Lipinski definition) is 7. The Hall–Kier alpha value is -2.23. The first kappa shape index (κ1) is 20.8. The molecule has 0 fully saturated rings. The van der Waals surface area contributed by atoms with E-state index in [1.807, 2.05) is 0 Å². The summed E-state index contributed by atoms with van der Waals surface area (Å²) in [5.41, 5.74) is 4.47. The molecule has 1 aromatic rings. The number of nitro benzene ring substituents is 1. The molecule has 136 valence electrons. The first-order valence-corrected chi connectivity index (χ1v) is 8.20. The smallest absolute Gasteiger partial charge is 0.331 e. The van der Waals surface area contributed by atoms with Crippen LogP contribution in [0.5, 0.6) is 0 Å². The Balaban J connectivity index is 2.61. The zero-order valence-corrected chi connectivity index (χ0v) is 14.7. The minimum atomic E-state index is -2.00. The average Bonchev–Trinajstić information content (AvgIpc) is 2.54. The summed E-state index contributed by atoms with van der Waals surface area (Å²) >= 11 is 0.838. The van der Waals surface area contributed by atoms with Gasteiger partial charge in [-0.25, -0.2) is 4.79 Å². The second-order valence-electron chi connectivity index (χ2n) is 5.38. The first-order chi connectivity index (χ1) is 11.7. The lowest BCUT2D eigenvalue weighted by Crippen LogP contribution is -2.54. The molecular formula is C16H20N2O6S. The lowest BCUT2D eigenvalue weighted by atomic mass is 9.89. The van der Waals surface area contributed by atoms with Crippen LogP contribution in [0.25, 0.3) is 0 Å². The Morgan fingerprint density at radius 1 is 1.48 bits per heavy atom. The zero-order chi connectivity index (χ0) is 19.0. The fourth-order valence-electron chi connectivity index (χ4n) is 1.99. The van der Waals surface area contributed by atoms with Crippen LogP contribution in [0.3, 0.4) is 0 Å². The van der Waals surface area contributed by atoms with Crippen molar-refractivity contribution in [1.82, 2.24) is 0 Å². The molecule has 1 rings (SSSR count). The summed E-state index contributed by atoms with van der Waals surface area (Å²) in [5.74, 6) is -2.10. The van der Waals surface area contributed by atoms with E-state index in [0.29, 0.717) is 4.90 Å². The Morgan fingerprint density at radius 3 is 2.72 bits per heavy atom. The van der Waals surface area contributed by atoms with Gasteiger partial charge in [-0.15, -0.1) is 0 Å². The van der Waals surface area contributed by atoms with E-state index in [1.165, 1.54) is 12.1 Å². The highest BCUT2D eigenvalue weighted by atomic mass is 32.2. The van der Waals surface area contributed by atoms with Crippen LogP contribution in [0, 0.1) is 17.0 Å². The van der Waals surface area contributed by atoms with E-state index in [1.54, 1.807) is 26.0 Å². The molecule has 25 heavy (non-hydrogen) atoms. The first-order valence-electron chi connectivity index (χ1n) is 7.46. The van der Waals surface area contributed by atoms with Gasteiger partial charge in [0.2, 0.25) is 0 Å². The van der Waals surface area contributed by atoms with Crippen LogP contribution in [0.2, 0.25) is 0 Å². The van der Waals surface area contributed by atoms with Crippen molar-refractivity contribution in [2.75, 3.05) is 6.61 Å². The Labute approximate surface area is 149 Å². The van der Waals surface area contributed by atoms with Crippen molar-refractivity contribution in [3.63, 3.8) is 0 Å². The highest BCUT2D eigenvalue weighted by Crippen LogP contribution is 2.30. The number of aliphatic carboxylic acids is 1. The van der Waals surface area contributed by atoms with E-state index >= 15 is 0 Å². The highest BCUT2D eigenvalue weighted by molar-refractivity contribution is 7.94. The molecule has 0 spiro atoms. The molecule has 0 aliphatic rings. The lowest BCUT2D eigenvalue weighted by molar-refractivity contribution is -0.387. The van der Waals surface area contributed by atoms with E-state index in [4.69, 9.17) is 9.92 Å². The van der Waals surface area contributed by atoms with Crippen LogP contribution >= 0.6 is 12.0 Å². The van der Waals surface area contributed by atoms with Gasteiger partial charge in [-0.3, -0.25) is 14.9 Å². The van der Waals surface area contributed by atoms with Crippen LogP contribution < -0.4 is 5.73 Å². The molecule has 3 N–H and O–H groups in total. The quantitative estimate of drug-likeness (QED) is 0.161. The molecule has 0 radical (unpaired) electrons. The Morgan fingerprint density at radius 2 is 2.16 bits per heavy atom. The van der Waals surface area contributed by atoms with Gasteiger partial charge in [0.25, 0.3) is 5.69 Å². The van der Waals surface area contributed by atoms with E-state index in [2.05, 4.69) is 0 Å². The van der Waals surface area contributed by atoms with E-state index in [9.17, 15) is 24.8 Å². The number of carboxylic acid groups (broad SMARTS) is 1. The molecule has 1 atom stereocenters. The molecule has 0 unspecified atom stereocenters. The van der Waals surface area contributed by atoms with Crippen LogP contribution in [0.1, 0.15) is 25.3 Å². The summed E-state index contributed by atoms with van der Waals surface area (Å²) in [6, 6.07) is 4.65. The maximum absolute atomic E-state index is 11.8. The standard InChI is InChI=1S/C16H20N2O6S/c1-3-5-14(19)16(17,15(20)21)8-4-9-24-25-13-10-11(2)6-7-12(13)18(22)23/h3,5-7,10H,4,8-9,17H2,1-2H3,(H,20,21)/b5-3+/t16-/m0/s1. The van der Waals surface area contributed by atoms with Crippen molar-refractivity contribution >= 4 is 29.5 Å². The molecule has 0 aromatic heterocycles. The second-order valence-corrected chi connectivity index (χ2v) is 6.22. The van der Waals surface area contributed by atoms with Gasteiger partial charge >= 0.3 is 5.97 Å². The van der Waals surface area contributed by atoms with E-state index in [0.717, 1.165) is 23.7 Å². The number of carboxylic acids is 1. The molecule has 1 aromatic carbocycles. The van der Waals surface area contributed by atoms with Crippen molar-refractivity contribution in [1.29, 1.82) is 0 Å². The molecule has 9 heteroatoms. The zero-order valence-electron chi connectivity index (χ0n) is 13.9. The summed E-state index contributed by atoms with van der Waals surface area (Å²) in [6.45, 7) is 3.48. The maximum Gasteiger partial charge on any atom is 0.331 e. The number of ketones is 1. The molecule has 0 aliphatic carbocycles. The number of nitrogens with two attached hydrogens (primary N) is 1. The third-order valence-electron chi connectivity index (χ3n) is 3.40. The van der Waals surface area contributed by atoms with Crippen LogP contribution in [-0.4, -0.2) is 33.9 Å². The molecular weight excluding hydrogens is 348 g/mol. The number of rotatable bonds is 10. The Kier molecular flexibility index (Phi) is 7.75. The Bertz CT molecular complexity index is 691. The summed E-state index contributed by atoms with van der Waals surface area (Å²) in [7, 11) is 0. The van der Waals surface area contributed by atoms with Crippen molar-refractivity contribution in [2.24, 2.45) is 5.73 Å². The molecule has 8 nitrogen and oxygen atoms in total. The van der Waals surface area contributed by atoms with Crippen LogP contribution in [0.15, 0.2) is 35.2 Å². The van der Waals surface area contributed by atoms with Crippen molar-refractivity contribution < 1.29 is 23.8 Å². The predicted octanol–water partition coefficient (Wildman–Crippen LogP) is 2.63. The van der Waals surface area contributed by atoms with Gasteiger partial charge in [0.15, 0.2) is 11.3 Å². The van der Waals surface area contributed by atoms with Crippen LogP contribution in [-0.2, 0) is 13.8 Å². The largest absolute Gasteiger partial charge is 0.480 e. The van der Waals surface area contributed by atoms with E-state index < -0.39 is 22.2 Å². The fourth-order valence-corrected chi connectivity index (χ4v) is 2.78. The number of hydrogen-bond donors (Lipinski definition) is 2. The molecule has 0 heterocycles. The number of carbonyl (C=O) groups excluding carboxylic acids is 1. The molecule has 0 aliphatic heterocycles. The molecule has 0 bridgehead atoms. The summed E-state index contributed by atoms with van der Waals surface area (Å²) < 4.78 is 5.31. The van der Waals surface area contributed by atoms with Crippen molar-refractivity contribution in [3.05, 3.63) is 46.0 Å². The van der Waals surface area contributed by atoms with Crippen molar-refractivity contribution in [2.45, 2.75) is 37.1 Å². The summed E-state index contributed by atoms with van der Waals surface area (Å²) in [4.78, 5) is 33.9. The predicted molar refractivity (Wildman–Crippen MR) is 93.3 cm³/mol. The minimum Gasteiger partial charge on any atom is -0.480 e. The number of allylic oxidation sites excluding steroid dienone is 1. The number of aryl methyl sites for hydroxylation is 1. The fraction of sp³-hybridized carbons (Fsp3) is 0.375. The average molecular weight is 368 g/mol. The third-order valence-corrected chi connectivity index (χ3v) is 4.19. The maximum atomic E-state index is 11.8. The summed E-state index contributed by atoms with van der Waals surface area (Å²) in [6.07, 6.45) is 2.65. The molecule has 0 saturated carbocycles. The van der Waals surface area contributed by atoms with Gasteiger partial charge in [-0.05, 0) is 44.4 Å². The number of nitrogens with zero attached hydrogens (tertiary/aromatic N) is 1. The highest BCUT2D eigenvalue weighted by Gasteiger charge is 2.39. The van der Waals surface area contributed by atoms with Gasteiger partial charge in [0.05, 0.1) is 11.5 Å². The van der Waals surface area contributed by atoms with Gasteiger partial charge in [0, 0.05) is 18.1 Å². The normalized spacial score (nSPS) is 13.6. The van der Waals surface area contributed by atoms with E-state index in [-0.39, 0.29) is 25.1 Å². The number of benzene rings is 1. The van der Waals surface area contributed by atoms with Gasteiger partial charge in [0.1, 0.15) is 4.90 Å². The monoisotopic (exact) mass is 368 g/mol. The van der Waals surface area contributed by atoms with Gasteiger partial charge < -0.3 is 15.0 Å². The molecule has 0 saturated heterocycles.